The molecule has 2 aromatic carbocycles. The third-order valence-electron chi connectivity index (χ3n) is 3.71. The minimum absolute atomic E-state index is 0.0252. The number of aliphatic hydroxyl groups excluding tert-OH is 1. The number of aryl methyl sites for hydroxylation is 1. The van der Waals surface area contributed by atoms with E-state index in [0.717, 1.165) is 17.7 Å². The maximum atomic E-state index is 12.7. The van der Waals surface area contributed by atoms with Gasteiger partial charge in [0.15, 0.2) is 0 Å². The minimum atomic E-state index is -4.48. The highest BCUT2D eigenvalue weighted by atomic mass is 19.4. The summed E-state index contributed by atoms with van der Waals surface area (Å²) in [6, 6.07) is 9.04. The predicted octanol–water partition coefficient (Wildman–Crippen LogP) is 3.58. The Labute approximate surface area is 160 Å². The van der Waals surface area contributed by atoms with Gasteiger partial charge in [-0.1, -0.05) is 12.1 Å². The summed E-state index contributed by atoms with van der Waals surface area (Å²) in [6.07, 6.45) is -5.59. The Morgan fingerprint density at radius 3 is 2.64 bits per heavy atom. The zero-order chi connectivity index (χ0) is 20.7. The van der Waals surface area contributed by atoms with Gasteiger partial charge in [-0.3, -0.25) is 0 Å². The number of carbonyl (C=O) groups is 1. The molecule has 0 aliphatic rings. The van der Waals surface area contributed by atoms with Gasteiger partial charge in [0, 0.05) is 6.54 Å². The number of halogens is 3. The number of aliphatic hydroxyl groups is 1. The van der Waals surface area contributed by atoms with Crippen molar-refractivity contribution in [1.82, 2.24) is 5.32 Å². The van der Waals surface area contributed by atoms with Crippen molar-refractivity contribution in [3.63, 3.8) is 0 Å². The summed E-state index contributed by atoms with van der Waals surface area (Å²) in [7, 11) is 1.47. The molecule has 2 amide bonds. The Kier molecular flexibility index (Phi) is 7.11. The van der Waals surface area contributed by atoms with Gasteiger partial charge in [-0.2, -0.15) is 13.2 Å². The third-order valence-corrected chi connectivity index (χ3v) is 3.71. The summed E-state index contributed by atoms with van der Waals surface area (Å²) in [5.74, 6) is 0.456. The molecule has 0 heterocycles. The molecule has 28 heavy (non-hydrogen) atoms. The van der Waals surface area contributed by atoms with Crippen LogP contribution in [0.2, 0.25) is 0 Å². The van der Waals surface area contributed by atoms with E-state index < -0.39 is 23.9 Å². The van der Waals surface area contributed by atoms with Gasteiger partial charge in [-0.25, -0.2) is 4.79 Å². The standard InChI is InChI=1S/C19H21F3N2O4/c1-12-6-7-17(27-2)16(8-12)24-18(26)23-10-14(25)11-28-15-5-3-4-13(9-15)19(20,21)22/h3-9,14,25H,10-11H2,1-2H3,(H2,23,24,26). The first-order valence-electron chi connectivity index (χ1n) is 8.36. The molecule has 0 bridgehead atoms. The average Bonchev–Trinajstić information content (AvgIpc) is 2.64. The smallest absolute Gasteiger partial charge is 0.416 e. The van der Waals surface area contributed by atoms with Crippen molar-refractivity contribution in [1.29, 1.82) is 0 Å². The Bertz CT molecular complexity index is 812. The van der Waals surface area contributed by atoms with Crippen LogP contribution in [0.25, 0.3) is 0 Å². The van der Waals surface area contributed by atoms with Gasteiger partial charge in [0.25, 0.3) is 0 Å². The second-order valence-corrected chi connectivity index (χ2v) is 6.03. The van der Waals surface area contributed by atoms with E-state index in [1.165, 1.54) is 19.2 Å². The molecule has 3 N–H and O–H groups in total. The van der Waals surface area contributed by atoms with E-state index in [0.29, 0.717) is 11.4 Å². The van der Waals surface area contributed by atoms with Crippen LogP contribution >= 0.6 is 0 Å². The molecule has 0 radical (unpaired) electrons. The lowest BCUT2D eigenvalue weighted by molar-refractivity contribution is -0.137. The zero-order valence-electron chi connectivity index (χ0n) is 15.3. The molecule has 6 nitrogen and oxygen atoms in total. The molecule has 0 aromatic heterocycles. The molecular formula is C19H21F3N2O4. The second-order valence-electron chi connectivity index (χ2n) is 6.03. The molecule has 0 fully saturated rings. The van der Waals surface area contributed by atoms with E-state index in [2.05, 4.69) is 10.6 Å². The predicted molar refractivity (Wildman–Crippen MR) is 97.7 cm³/mol. The lowest BCUT2D eigenvalue weighted by Gasteiger charge is -2.15. The van der Waals surface area contributed by atoms with E-state index in [1.807, 2.05) is 13.0 Å². The van der Waals surface area contributed by atoms with Crippen LogP contribution in [-0.2, 0) is 6.18 Å². The lowest BCUT2D eigenvalue weighted by Crippen LogP contribution is -2.37. The van der Waals surface area contributed by atoms with E-state index in [9.17, 15) is 23.1 Å². The first-order valence-corrected chi connectivity index (χ1v) is 8.36. The van der Waals surface area contributed by atoms with Crippen molar-refractivity contribution in [3.05, 3.63) is 53.6 Å². The fraction of sp³-hybridized carbons (Fsp3) is 0.316. The number of hydrogen-bond acceptors (Lipinski definition) is 4. The first-order chi connectivity index (χ1) is 13.2. The molecule has 152 valence electrons. The molecule has 0 saturated carbocycles. The Morgan fingerprint density at radius 1 is 1.21 bits per heavy atom. The number of methoxy groups -OCH3 is 1. The van der Waals surface area contributed by atoms with Gasteiger partial charge in [0.05, 0.1) is 18.4 Å². The summed E-state index contributed by atoms with van der Waals surface area (Å²) < 4.78 is 48.3. The summed E-state index contributed by atoms with van der Waals surface area (Å²) in [5, 5.41) is 14.9. The maximum Gasteiger partial charge on any atom is 0.416 e. The molecule has 1 atom stereocenters. The van der Waals surface area contributed by atoms with Crippen LogP contribution in [0.5, 0.6) is 11.5 Å². The number of amides is 2. The first kappa shape index (κ1) is 21.4. The molecule has 0 aliphatic carbocycles. The van der Waals surface area contributed by atoms with Crippen molar-refractivity contribution in [2.45, 2.75) is 19.2 Å². The van der Waals surface area contributed by atoms with Crippen LogP contribution in [0.1, 0.15) is 11.1 Å². The largest absolute Gasteiger partial charge is 0.495 e. The molecule has 0 spiro atoms. The van der Waals surface area contributed by atoms with Gasteiger partial charge in [-0.15, -0.1) is 0 Å². The van der Waals surface area contributed by atoms with E-state index in [4.69, 9.17) is 9.47 Å². The molecule has 0 saturated heterocycles. The van der Waals surface area contributed by atoms with Crippen molar-refractivity contribution in [3.8, 4) is 11.5 Å². The topological polar surface area (TPSA) is 79.8 Å². The van der Waals surface area contributed by atoms with E-state index in [-0.39, 0.29) is 18.9 Å². The summed E-state index contributed by atoms with van der Waals surface area (Å²) in [4.78, 5) is 12.0. The van der Waals surface area contributed by atoms with Gasteiger partial charge < -0.3 is 25.2 Å². The van der Waals surface area contributed by atoms with Crippen LogP contribution < -0.4 is 20.1 Å². The van der Waals surface area contributed by atoms with Gasteiger partial charge >= 0.3 is 12.2 Å². The monoisotopic (exact) mass is 398 g/mol. The Balaban J connectivity index is 1.82. The third kappa shape index (κ3) is 6.34. The fourth-order valence-corrected chi connectivity index (χ4v) is 2.31. The zero-order valence-corrected chi connectivity index (χ0v) is 15.3. The molecule has 2 aromatic rings. The SMILES string of the molecule is COc1ccc(C)cc1NC(=O)NCC(O)COc1cccc(C(F)(F)F)c1. The number of ether oxygens (including phenoxy) is 2. The number of hydrogen-bond donors (Lipinski definition) is 3. The van der Waals surface area contributed by atoms with Crippen LogP contribution in [0.15, 0.2) is 42.5 Å². The fourth-order valence-electron chi connectivity index (χ4n) is 2.31. The number of rotatable bonds is 7. The van der Waals surface area contributed by atoms with Crippen molar-refractivity contribution in [2.75, 3.05) is 25.6 Å². The summed E-state index contributed by atoms with van der Waals surface area (Å²) >= 11 is 0. The molecule has 2 rings (SSSR count). The van der Waals surface area contributed by atoms with Crippen LogP contribution in [0, 0.1) is 6.92 Å². The van der Waals surface area contributed by atoms with Gasteiger partial charge in [0.1, 0.15) is 24.2 Å². The van der Waals surface area contributed by atoms with Gasteiger partial charge in [-0.05, 0) is 42.8 Å². The number of nitrogens with one attached hydrogen (secondary N) is 2. The second kappa shape index (κ2) is 9.32. The maximum absolute atomic E-state index is 12.7. The normalized spacial score (nSPS) is 12.2. The number of benzene rings is 2. The molecule has 9 heteroatoms. The van der Waals surface area contributed by atoms with Crippen LogP contribution in [0.3, 0.4) is 0 Å². The molecule has 0 aliphatic heterocycles. The summed E-state index contributed by atoms with van der Waals surface area (Å²) in [5.41, 5.74) is 0.546. The van der Waals surface area contributed by atoms with Gasteiger partial charge in [0.2, 0.25) is 0 Å². The van der Waals surface area contributed by atoms with Crippen molar-refractivity contribution < 1.29 is 32.5 Å². The van der Waals surface area contributed by atoms with Crippen LogP contribution in [0.4, 0.5) is 23.7 Å². The number of carbonyl (C=O) groups excluding carboxylic acids is 1. The minimum Gasteiger partial charge on any atom is -0.495 e. The lowest BCUT2D eigenvalue weighted by atomic mass is 10.2. The Hall–Kier alpha value is -2.94. The summed E-state index contributed by atoms with van der Waals surface area (Å²) in [6.45, 7) is 1.42. The number of alkyl halides is 3. The highest BCUT2D eigenvalue weighted by Crippen LogP contribution is 2.31. The average molecular weight is 398 g/mol. The van der Waals surface area contributed by atoms with E-state index in [1.54, 1.807) is 12.1 Å². The van der Waals surface area contributed by atoms with Crippen molar-refractivity contribution in [2.24, 2.45) is 0 Å². The quantitative estimate of drug-likeness (QED) is 0.666. The number of anilines is 1. The Morgan fingerprint density at radius 2 is 1.96 bits per heavy atom. The highest BCUT2D eigenvalue weighted by molar-refractivity contribution is 5.91. The van der Waals surface area contributed by atoms with Crippen molar-refractivity contribution >= 4 is 11.7 Å². The molecule has 1 unspecified atom stereocenters. The molecular weight excluding hydrogens is 377 g/mol. The number of urea groups is 1. The van der Waals surface area contributed by atoms with E-state index >= 15 is 0 Å². The highest BCUT2D eigenvalue weighted by Gasteiger charge is 2.30. The van der Waals surface area contributed by atoms with Crippen LogP contribution in [-0.4, -0.2) is 37.5 Å².